The van der Waals surface area contributed by atoms with E-state index in [9.17, 15) is 13.7 Å². The van der Waals surface area contributed by atoms with E-state index < -0.39 is 10.0 Å². The maximum atomic E-state index is 12.5. The van der Waals surface area contributed by atoms with Crippen molar-refractivity contribution in [1.29, 1.82) is 5.26 Å². The van der Waals surface area contributed by atoms with E-state index >= 15 is 0 Å². The van der Waals surface area contributed by atoms with E-state index in [-0.39, 0.29) is 11.4 Å². The molecule has 0 saturated heterocycles. The Morgan fingerprint density at radius 2 is 1.81 bits per heavy atom. The molecule has 3 aromatic rings. The Morgan fingerprint density at radius 3 is 2.54 bits per heavy atom. The number of hydrogen-bond acceptors (Lipinski definition) is 5. The number of hydrogen-bond donors (Lipinski definition) is 1. The second-order valence-electron chi connectivity index (χ2n) is 5.92. The molecule has 0 unspecified atom stereocenters. The predicted octanol–water partition coefficient (Wildman–Crippen LogP) is 2.97. The minimum Gasteiger partial charge on any atom is -0.379 e. The molecule has 132 valence electrons. The van der Waals surface area contributed by atoms with Crippen molar-refractivity contribution in [3.05, 3.63) is 65.9 Å². The summed E-state index contributed by atoms with van der Waals surface area (Å²) in [5, 5.41) is 13.4. The molecule has 26 heavy (non-hydrogen) atoms. The van der Waals surface area contributed by atoms with E-state index in [1.165, 1.54) is 24.6 Å². The van der Waals surface area contributed by atoms with Crippen LogP contribution in [0.25, 0.3) is 10.9 Å². The minimum atomic E-state index is -3.55. The summed E-state index contributed by atoms with van der Waals surface area (Å²) in [5.41, 5.74) is 2.46. The number of nitriles is 1. The number of anilines is 1. The number of nitrogens with zero attached hydrogens (tertiary/aromatic N) is 3. The molecule has 2 aromatic carbocycles. The van der Waals surface area contributed by atoms with Gasteiger partial charge >= 0.3 is 0 Å². The van der Waals surface area contributed by atoms with E-state index in [4.69, 9.17) is 0 Å². The molecule has 0 spiro atoms. The highest BCUT2D eigenvalue weighted by molar-refractivity contribution is 7.89. The van der Waals surface area contributed by atoms with Crippen LogP contribution in [0.3, 0.4) is 0 Å². The lowest BCUT2D eigenvalue weighted by atomic mass is 10.1. The molecule has 0 aliphatic carbocycles. The summed E-state index contributed by atoms with van der Waals surface area (Å²) in [7, 11) is -0.547. The predicted molar refractivity (Wildman–Crippen MR) is 101 cm³/mol. The van der Waals surface area contributed by atoms with Gasteiger partial charge in [0, 0.05) is 32.2 Å². The van der Waals surface area contributed by atoms with Gasteiger partial charge in [0.25, 0.3) is 0 Å². The van der Waals surface area contributed by atoms with Gasteiger partial charge in [0.1, 0.15) is 6.07 Å². The fourth-order valence-electron chi connectivity index (χ4n) is 2.70. The van der Waals surface area contributed by atoms with Gasteiger partial charge in [-0.25, -0.2) is 12.7 Å². The SMILES string of the molecule is CN(C)S(=O)(=O)c1ccccc1CNc1c(C#N)cnc2ccccc12. The fraction of sp³-hybridized carbons (Fsp3) is 0.158. The zero-order valence-electron chi connectivity index (χ0n) is 14.5. The summed E-state index contributed by atoms with van der Waals surface area (Å²) in [6, 6.07) is 16.5. The smallest absolute Gasteiger partial charge is 0.242 e. The summed E-state index contributed by atoms with van der Waals surface area (Å²) in [5.74, 6) is 0. The lowest BCUT2D eigenvalue weighted by Gasteiger charge is -2.17. The van der Waals surface area contributed by atoms with Crippen molar-refractivity contribution in [3.63, 3.8) is 0 Å². The van der Waals surface area contributed by atoms with Gasteiger partial charge in [-0.15, -0.1) is 0 Å². The maximum Gasteiger partial charge on any atom is 0.242 e. The molecular weight excluding hydrogens is 348 g/mol. The maximum absolute atomic E-state index is 12.5. The molecule has 0 aliphatic rings. The summed E-state index contributed by atoms with van der Waals surface area (Å²) < 4.78 is 26.3. The quantitative estimate of drug-likeness (QED) is 0.750. The standard InChI is InChI=1S/C19H18N4O2S/c1-23(2)26(24,25)18-10-6-3-7-14(18)12-22-19-15(11-20)13-21-17-9-5-4-8-16(17)19/h3-10,13H,12H2,1-2H3,(H,21,22). The Morgan fingerprint density at radius 1 is 1.12 bits per heavy atom. The molecule has 1 N–H and O–H groups in total. The first-order valence-corrected chi connectivity index (χ1v) is 9.41. The zero-order valence-corrected chi connectivity index (χ0v) is 15.3. The van der Waals surface area contributed by atoms with Crippen molar-refractivity contribution in [1.82, 2.24) is 9.29 Å². The van der Waals surface area contributed by atoms with Gasteiger partial charge in [0.05, 0.1) is 21.7 Å². The highest BCUT2D eigenvalue weighted by Crippen LogP contribution is 2.27. The van der Waals surface area contributed by atoms with Crippen molar-refractivity contribution in [2.45, 2.75) is 11.4 Å². The number of aromatic nitrogens is 1. The lowest BCUT2D eigenvalue weighted by molar-refractivity contribution is 0.520. The van der Waals surface area contributed by atoms with Gasteiger partial charge < -0.3 is 5.32 Å². The van der Waals surface area contributed by atoms with Crippen molar-refractivity contribution >= 4 is 26.6 Å². The molecule has 6 nitrogen and oxygen atoms in total. The second kappa shape index (κ2) is 7.12. The van der Waals surface area contributed by atoms with Gasteiger partial charge in [-0.1, -0.05) is 36.4 Å². The van der Waals surface area contributed by atoms with Crippen LogP contribution in [0.2, 0.25) is 0 Å². The Balaban J connectivity index is 2.02. The monoisotopic (exact) mass is 366 g/mol. The normalized spacial score (nSPS) is 11.5. The Labute approximate surface area is 152 Å². The van der Waals surface area contributed by atoms with Crippen LogP contribution in [0, 0.1) is 11.3 Å². The molecule has 0 saturated carbocycles. The number of benzene rings is 2. The summed E-state index contributed by atoms with van der Waals surface area (Å²) in [6.07, 6.45) is 1.52. The van der Waals surface area contributed by atoms with Crippen LogP contribution in [0.1, 0.15) is 11.1 Å². The summed E-state index contributed by atoms with van der Waals surface area (Å²) in [4.78, 5) is 4.53. The van der Waals surface area contributed by atoms with Gasteiger partial charge in [-0.3, -0.25) is 4.98 Å². The third-order valence-corrected chi connectivity index (χ3v) is 6.00. The number of fused-ring (bicyclic) bond motifs is 1. The molecule has 0 bridgehead atoms. The van der Waals surface area contributed by atoms with Crippen LogP contribution in [-0.2, 0) is 16.6 Å². The number of sulfonamides is 1. The van der Waals surface area contributed by atoms with Crippen molar-refractivity contribution in [3.8, 4) is 6.07 Å². The Kier molecular flexibility index (Phi) is 4.89. The molecule has 0 amide bonds. The van der Waals surface area contributed by atoms with Gasteiger partial charge in [0.15, 0.2) is 0 Å². The van der Waals surface area contributed by atoms with E-state index in [1.54, 1.807) is 24.3 Å². The summed E-state index contributed by atoms with van der Waals surface area (Å²) in [6.45, 7) is 0.270. The highest BCUT2D eigenvalue weighted by Gasteiger charge is 2.20. The first kappa shape index (κ1) is 17.9. The molecule has 0 aliphatic heterocycles. The topological polar surface area (TPSA) is 86.1 Å². The largest absolute Gasteiger partial charge is 0.379 e. The third kappa shape index (κ3) is 3.25. The van der Waals surface area contributed by atoms with E-state index in [0.717, 1.165) is 10.9 Å². The van der Waals surface area contributed by atoms with E-state index in [2.05, 4.69) is 16.4 Å². The molecule has 1 aromatic heterocycles. The number of pyridine rings is 1. The zero-order chi connectivity index (χ0) is 18.7. The third-order valence-electron chi connectivity index (χ3n) is 4.08. The molecule has 0 atom stereocenters. The average Bonchev–Trinajstić information content (AvgIpc) is 2.66. The van der Waals surface area contributed by atoms with E-state index in [0.29, 0.717) is 16.8 Å². The van der Waals surface area contributed by atoms with Gasteiger partial charge in [-0.2, -0.15) is 5.26 Å². The number of rotatable bonds is 5. The first-order valence-electron chi connectivity index (χ1n) is 7.97. The van der Waals surface area contributed by atoms with Crippen LogP contribution in [0.5, 0.6) is 0 Å². The van der Waals surface area contributed by atoms with Crippen LogP contribution < -0.4 is 5.32 Å². The fourth-order valence-corrected chi connectivity index (χ4v) is 3.81. The van der Waals surface area contributed by atoms with Crippen molar-refractivity contribution < 1.29 is 8.42 Å². The molecule has 0 radical (unpaired) electrons. The number of para-hydroxylation sites is 1. The molecule has 3 rings (SSSR count). The Hall–Kier alpha value is -2.95. The van der Waals surface area contributed by atoms with Crippen molar-refractivity contribution in [2.75, 3.05) is 19.4 Å². The van der Waals surface area contributed by atoms with Crippen LogP contribution in [0.4, 0.5) is 5.69 Å². The highest BCUT2D eigenvalue weighted by atomic mass is 32.2. The van der Waals surface area contributed by atoms with Gasteiger partial charge in [-0.05, 0) is 17.7 Å². The molecule has 7 heteroatoms. The second-order valence-corrected chi connectivity index (χ2v) is 8.04. The van der Waals surface area contributed by atoms with Gasteiger partial charge in [0.2, 0.25) is 10.0 Å². The average molecular weight is 366 g/mol. The molecule has 0 fully saturated rings. The van der Waals surface area contributed by atoms with E-state index in [1.807, 2.05) is 24.3 Å². The Bertz CT molecular complexity index is 1100. The molecular formula is C19H18N4O2S. The molecule has 1 heterocycles. The van der Waals surface area contributed by atoms with Crippen LogP contribution in [0.15, 0.2) is 59.6 Å². The van der Waals surface area contributed by atoms with Crippen LogP contribution >= 0.6 is 0 Å². The summed E-state index contributed by atoms with van der Waals surface area (Å²) >= 11 is 0. The van der Waals surface area contributed by atoms with Crippen LogP contribution in [-0.4, -0.2) is 31.8 Å². The first-order chi connectivity index (χ1) is 12.4. The van der Waals surface area contributed by atoms with Crippen molar-refractivity contribution in [2.24, 2.45) is 0 Å². The lowest BCUT2D eigenvalue weighted by Crippen LogP contribution is -2.23. The number of nitrogens with one attached hydrogen (secondary N) is 1. The minimum absolute atomic E-state index is 0.245.